The number of carbonyl (C=O) groups excluding carboxylic acids is 2. The highest BCUT2D eigenvalue weighted by Crippen LogP contribution is 2.22. The first-order valence-corrected chi connectivity index (χ1v) is 6.45. The van der Waals surface area contributed by atoms with Crippen LogP contribution in [0.1, 0.15) is 0 Å². The second-order valence-corrected chi connectivity index (χ2v) is 4.54. The third-order valence-electron chi connectivity index (χ3n) is 3.02. The normalized spacial score (nSPS) is 11.9. The Morgan fingerprint density at radius 2 is 1.90 bits per heavy atom. The topological polar surface area (TPSA) is 93.4 Å². The summed E-state index contributed by atoms with van der Waals surface area (Å²) < 4.78 is 4.84. The zero-order chi connectivity index (χ0) is 15.2. The van der Waals surface area contributed by atoms with Crippen molar-refractivity contribution in [2.24, 2.45) is 5.73 Å². The van der Waals surface area contributed by atoms with Crippen molar-refractivity contribution < 1.29 is 14.3 Å². The molecule has 3 amide bonds. The Bertz CT molecular complexity index is 652. The first-order valence-electron chi connectivity index (χ1n) is 6.45. The van der Waals surface area contributed by atoms with E-state index >= 15 is 0 Å². The first-order chi connectivity index (χ1) is 10.1. The number of benzene rings is 2. The summed E-state index contributed by atoms with van der Waals surface area (Å²) in [4.78, 5) is 23.1. The number of nitrogens with two attached hydrogens (primary N) is 1. The largest absolute Gasteiger partial charge is 0.382 e. The van der Waals surface area contributed by atoms with Gasteiger partial charge in [0, 0.05) is 12.5 Å². The third kappa shape index (κ3) is 3.70. The van der Waals surface area contributed by atoms with Crippen molar-refractivity contribution in [2.45, 2.75) is 6.04 Å². The second kappa shape index (κ2) is 6.71. The molecule has 6 heteroatoms. The molecule has 0 aromatic heterocycles. The minimum Gasteiger partial charge on any atom is -0.382 e. The zero-order valence-electron chi connectivity index (χ0n) is 11.6. The third-order valence-corrected chi connectivity index (χ3v) is 3.02. The van der Waals surface area contributed by atoms with Crippen LogP contribution in [0.4, 0.5) is 10.5 Å². The number of carbonyl (C=O) groups is 2. The van der Waals surface area contributed by atoms with Gasteiger partial charge in [0.05, 0.1) is 12.3 Å². The first kappa shape index (κ1) is 14.8. The Morgan fingerprint density at radius 1 is 1.19 bits per heavy atom. The summed E-state index contributed by atoms with van der Waals surface area (Å²) in [6.07, 6.45) is 0. The lowest BCUT2D eigenvalue weighted by Gasteiger charge is -2.15. The molecular weight excluding hydrogens is 270 g/mol. The lowest BCUT2D eigenvalue weighted by molar-refractivity contribution is -0.120. The number of fused-ring (bicyclic) bond motifs is 1. The van der Waals surface area contributed by atoms with Gasteiger partial charge in [-0.3, -0.25) is 4.79 Å². The number of methoxy groups -OCH3 is 1. The monoisotopic (exact) mass is 287 g/mol. The summed E-state index contributed by atoms with van der Waals surface area (Å²) in [5.41, 5.74) is 5.85. The minimum atomic E-state index is -0.870. The number of hydrogen-bond acceptors (Lipinski definition) is 3. The van der Waals surface area contributed by atoms with E-state index in [1.807, 2.05) is 36.4 Å². The Kier molecular flexibility index (Phi) is 4.73. The number of hydrogen-bond donors (Lipinski definition) is 3. The van der Waals surface area contributed by atoms with Crippen molar-refractivity contribution in [3.63, 3.8) is 0 Å². The van der Waals surface area contributed by atoms with Gasteiger partial charge in [0.25, 0.3) is 0 Å². The number of ether oxygens (including phenoxy) is 1. The van der Waals surface area contributed by atoms with E-state index in [0.29, 0.717) is 5.69 Å². The molecule has 0 saturated carbocycles. The molecule has 0 unspecified atom stereocenters. The molecule has 0 bridgehead atoms. The summed E-state index contributed by atoms with van der Waals surface area (Å²) in [6.45, 7) is 0.0261. The smallest absolute Gasteiger partial charge is 0.319 e. The highest BCUT2D eigenvalue weighted by molar-refractivity contribution is 6.02. The van der Waals surface area contributed by atoms with E-state index in [4.69, 9.17) is 10.5 Å². The molecule has 0 heterocycles. The maximum absolute atomic E-state index is 12.0. The molecule has 21 heavy (non-hydrogen) atoms. The van der Waals surface area contributed by atoms with E-state index in [9.17, 15) is 9.59 Å². The summed E-state index contributed by atoms with van der Waals surface area (Å²) in [7, 11) is 1.43. The fraction of sp³-hybridized carbons (Fsp3) is 0.200. The lowest BCUT2D eigenvalue weighted by atomic mass is 10.1. The average Bonchev–Trinajstić information content (AvgIpc) is 2.47. The summed E-state index contributed by atoms with van der Waals surface area (Å²) >= 11 is 0. The van der Waals surface area contributed by atoms with Crippen molar-refractivity contribution >= 4 is 28.4 Å². The van der Waals surface area contributed by atoms with Crippen LogP contribution in [0.15, 0.2) is 42.5 Å². The fourth-order valence-corrected chi connectivity index (χ4v) is 2.01. The predicted octanol–water partition coefficient (Wildman–Crippen LogP) is 1.46. The van der Waals surface area contributed by atoms with Crippen molar-refractivity contribution in [3.8, 4) is 0 Å². The molecule has 0 spiro atoms. The molecule has 0 radical (unpaired) electrons. The fourth-order valence-electron chi connectivity index (χ4n) is 2.01. The zero-order valence-corrected chi connectivity index (χ0v) is 11.6. The molecule has 0 saturated heterocycles. The number of primary amides is 1. The van der Waals surface area contributed by atoms with Crippen molar-refractivity contribution in [1.29, 1.82) is 0 Å². The second-order valence-electron chi connectivity index (χ2n) is 4.54. The number of anilines is 1. The molecular formula is C15H17N3O3. The van der Waals surface area contributed by atoms with Crippen LogP contribution in [0.2, 0.25) is 0 Å². The van der Waals surface area contributed by atoms with Crippen LogP contribution >= 0.6 is 0 Å². The van der Waals surface area contributed by atoms with Crippen LogP contribution in [0.25, 0.3) is 10.8 Å². The molecule has 0 fully saturated rings. The summed E-state index contributed by atoms with van der Waals surface area (Å²) in [6, 6.07) is 11.9. The Balaban J connectivity index is 2.13. The van der Waals surface area contributed by atoms with Gasteiger partial charge in [0.1, 0.15) is 6.04 Å². The van der Waals surface area contributed by atoms with Gasteiger partial charge in [-0.15, -0.1) is 0 Å². The van der Waals surface area contributed by atoms with Gasteiger partial charge in [-0.2, -0.15) is 0 Å². The molecule has 110 valence electrons. The lowest BCUT2D eigenvalue weighted by Crippen LogP contribution is -2.48. The van der Waals surface area contributed by atoms with Gasteiger partial charge >= 0.3 is 6.03 Å². The number of rotatable bonds is 5. The number of nitrogens with one attached hydrogen (secondary N) is 2. The average molecular weight is 287 g/mol. The summed E-state index contributed by atoms with van der Waals surface area (Å²) in [5.74, 6) is -0.648. The Morgan fingerprint density at radius 3 is 2.62 bits per heavy atom. The van der Waals surface area contributed by atoms with Gasteiger partial charge in [-0.25, -0.2) is 4.79 Å². The minimum absolute atomic E-state index is 0.0261. The highest BCUT2D eigenvalue weighted by atomic mass is 16.5. The van der Waals surface area contributed by atoms with E-state index in [0.717, 1.165) is 10.8 Å². The van der Waals surface area contributed by atoms with Crippen LogP contribution in [-0.4, -0.2) is 31.7 Å². The molecule has 0 aliphatic rings. The Labute approximate surface area is 122 Å². The van der Waals surface area contributed by atoms with Gasteiger partial charge in [-0.1, -0.05) is 36.4 Å². The quantitative estimate of drug-likeness (QED) is 0.777. The van der Waals surface area contributed by atoms with Gasteiger partial charge in [0.15, 0.2) is 0 Å². The van der Waals surface area contributed by atoms with Gasteiger partial charge in [0.2, 0.25) is 5.91 Å². The SMILES string of the molecule is COC[C@@H](NC(=O)Nc1cccc2ccccc12)C(N)=O. The molecule has 6 nitrogen and oxygen atoms in total. The predicted molar refractivity (Wildman–Crippen MR) is 81.0 cm³/mol. The molecule has 1 atom stereocenters. The van der Waals surface area contributed by atoms with Gasteiger partial charge < -0.3 is 21.1 Å². The number of amides is 3. The molecule has 0 aliphatic heterocycles. The highest BCUT2D eigenvalue weighted by Gasteiger charge is 2.18. The molecule has 4 N–H and O–H groups in total. The Hall–Kier alpha value is -2.60. The van der Waals surface area contributed by atoms with Crippen LogP contribution < -0.4 is 16.4 Å². The van der Waals surface area contributed by atoms with E-state index in [2.05, 4.69) is 10.6 Å². The van der Waals surface area contributed by atoms with Crippen LogP contribution in [0, 0.1) is 0 Å². The summed E-state index contributed by atoms with van der Waals surface area (Å²) in [5, 5.41) is 7.12. The van der Waals surface area contributed by atoms with Crippen LogP contribution in [0.5, 0.6) is 0 Å². The molecule has 2 aromatic carbocycles. The standard InChI is InChI=1S/C15H17N3O3/c1-21-9-13(14(16)19)18-15(20)17-12-8-4-6-10-5-2-3-7-11(10)12/h2-8,13H,9H2,1H3,(H2,16,19)(H2,17,18,20)/t13-/m1/s1. The van der Waals surface area contributed by atoms with E-state index < -0.39 is 18.0 Å². The van der Waals surface area contributed by atoms with E-state index in [1.165, 1.54) is 7.11 Å². The van der Waals surface area contributed by atoms with Crippen molar-refractivity contribution in [2.75, 3.05) is 19.0 Å². The van der Waals surface area contributed by atoms with Crippen molar-refractivity contribution in [3.05, 3.63) is 42.5 Å². The van der Waals surface area contributed by atoms with Crippen LogP contribution in [0.3, 0.4) is 0 Å². The maximum Gasteiger partial charge on any atom is 0.319 e. The molecule has 2 rings (SSSR count). The van der Waals surface area contributed by atoms with Crippen molar-refractivity contribution in [1.82, 2.24) is 5.32 Å². The van der Waals surface area contributed by atoms with E-state index in [-0.39, 0.29) is 6.61 Å². The maximum atomic E-state index is 12.0. The molecule has 0 aliphatic carbocycles. The molecule has 2 aromatic rings. The van der Waals surface area contributed by atoms with Crippen LogP contribution in [-0.2, 0) is 9.53 Å². The van der Waals surface area contributed by atoms with Gasteiger partial charge in [-0.05, 0) is 11.5 Å². The number of urea groups is 1. The van der Waals surface area contributed by atoms with E-state index in [1.54, 1.807) is 6.07 Å².